The van der Waals surface area contributed by atoms with Crippen LogP contribution in [0.5, 0.6) is 5.75 Å². The van der Waals surface area contributed by atoms with E-state index in [1.807, 2.05) is 61.0 Å². The first-order valence-electron chi connectivity index (χ1n) is 6.55. The highest BCUT2D eigenvalue weighted by molar-refractivity contribution is 5.52. The lowest BCUT2D eigenvalue weighted by Gasteiger charge is -2.11. The van der Waals surface area contributed by atoms with E-state index in [4.69, 9.17) is 10.5 Å². The van der Waals surface area contributed by atoms with Gasteiger partial charge < -0.3 is 14.9 Å². The molecule has 0 aliphatic carbocycles. The topological polar surface area (TPSA) is 52.5 Å². The summed E-state index contributed by atoms with van der Waals surface area (Å²) in [4.78, 5) is 4.52. The molecule has 102 valence electrons. The third-order valence-corrected chi connectivity index (χ3v) is 3.26. The first kappa shape index (κ1) is 12.5. The number of aromatic nitrogens is 2. The van der Waals surface area contributed by atoms with Crippen molar-refractivity contribution >= 4 is 11.3 Å². The van der Waals surface area contributed by atoms with Crippen molar-refractivity contribution < 1.29 is 4.74 Å². The van der Waals surface area contributed by atoms with Crippen LogP contribution in [0.25, 0.3) is 5.65 Å². The van der Waals surface area contributed by atoms with Gasteiger partial charge in [-0.25, -0.2) is 4.98 Å². The molecule has 0 fully saturated rings. The van der Waals surface area contributed by atoms with Gasteiger partial charge in [-0.2, -0.15) is 0 Å². The van der Waals surface area contributed by atoms with Crippen molar-refractivity contribution in [1.29, 1.82) is 0 Å². The van der Waals surface area contributed by atoms with Crippen LogP contribution in [0, 0.1) is 13.8 Å². The number of anilines is 1. The number of fused-ring (bicyclic) bond motifs is 1. The molecule has 0 amide bonds. The maximum atomic E-state index is 5.91. The van der Waals surface area contributed by atoms with E-state index in [0.29, 0.717) is 6.61 Å². The predicted octanol–water partition coefficient (Wildman–Crippen LogP) is 3.11. The van der Waals surface area contributed by atoms with E-state index in [1.54, 1.807) is 0 Å². The maximum Gasteiger partial charge on any atom is 0.137 e. The van der Waals surface area contributed by atoms with Crippen LogP contribution in [0.4, 0.5) is 5.69 Å². The molecular formula is C16H17N3O. The fraction of sp³-hybridized carbons (Fsp3) is 0.188. The van der Waals surface area contributed by atoms with E-state index in [9.17, 15) is 0 Å². The van der Waals surface area contributed by atoms with Gasteiger partial charge in [0.15, 0.2) is 0 Å². The second-order valence-electron chi connectivity index (χ2n) is 4.97. The zero-order valence-electron chi connectivity index (χ0n) is 11.6. The quantitative estimate of drug-likeness (QED) is 0.742. The van der Waals surface area contributed by atoms with Crippen molar-refractivity contribution in [2.24, 2.45) is 0 Å². The van der Waals surface area contributed by atoms with Gasteiger partial charge in [0.05, 0.1) is 5.69 Å². The molecule has 2 N–H and O–H groups in total. The zero-order chi connectivity index (χ0) is 14.1. The highest BCUT2D eigenvalue weighted by Gasteiger charge is 2.07. The van der Waals surface area contributed by atoms with Gasteiger partial charge in [0, 0.05) is 18.1 Å². The number of pyridine rings is 1. The van der Waals surface area contributed by atoms with Gasteiger partial charge in [-0.15, -0.1) is 0 Å². The lowest BCUT2D eigenvalue weighted by molar-refractivity contribution is 0.298. The number of aryl methyl sites for hydroxylation is 2. The van der Waals surface area contributed by atoms with Crippen molar-refractivity contribution in [2.45, 2.75) is 20.5 Å². The summed E-state index contributed by atoms with van der Waals surface area (Å²) in [6.07, 6.45) is 3.96. The Hall–Kier alpha value is -2.49. The number of benzene rings is 1. The molecule has 0 spiro atoms. The van der Waals surface area contributed by atoms with Crippen LogP contribution in [0.2, 0.25) is 0 Å². The number of nitrogens with two attached hydrogens (primary N) is 1. The van der Waals surface area contributed by atoms with Gasteiger partial charge >= 0.3 is 0 Å². The van der Waals surface area contributed by atoms with Crippen molar-refractivity contribution in [1.82, 2.24) is 9.38 Å². The van der Waals surface area contributed by atoms with Crippen LogP contribution >= 0.6 is 0 Å². The number of imidazole rings is 1. The zero-order valence-corrected chi connectivity index (χ0v) is 11.6. The van der Waals surface area contributed by atoms with E-state index in [-0.39, 0.29) is 0 Å². The van der Waals surface area contributed by atoms with E-state index in [2.05, 4.69) is 4.98 Å². The van der Waals surface area contributed by atoms with Gasteiger partial charge in [0.2, 0.25) is 0 Å². The van der Waals surface area contributed by atoms with Crippen LogP contribution in [0.3, 0.4) is 0 Å². The van der Waals surface area contributed by atoms with Gasteiger partial charge in [0.25, 0.3) is 0 Å². The Morgan fingerprint density at radius 1 is 1.20 bits per heavy atom. The van der Waals surface area contributed by atoms with Crippen LogP contribution in [-0.2, 0) is 6.61 Å². The molecule has 4 nitrogen and oxygen atoms in total. The Morgan fingerprint density at radius 3 is 2.65 bits per heavy atom. The van der Waals surface area contributed by atoms with Crippen LogP contribution in [-0.4, -0.2) is 9.38 Å². The summed E-state index contributed by atoms with van der Waals surface area (Å²) in [7, 11) is 0. The van der Waals surface area contributed by atoms with Crippen LogP contribution in [0.1, 0.15) is 16.8 Å². The largest absolute Gasteiger partial charge is 0.487 e. The first-order valence-corrected chi connectivity index (χ1v) is 6.55. The summed E-state index contributed by atoms with van der Waals surface area (Å²) in [5.74, 6) is 0.885. The monoisotopic (exact) mass is 267 g/mol. The number of hydrogen-bond acceptors (Lipinski definition) is 3. The maximum absolute atomic E-state index is 5.91. The van der Waals surface area contributed by atoms with Gasteiger partial charge in [-0.3, -0.25) is 0 Å². The molecule has 3 rings (SSSR count). The predicted molar refractivity (Wildman–Crippen MR) is 79.9 cm³/mol. The van der Waals surface area contributed by atoms with E-state index in [0.717, 1.165) is 33.9 Å². The minimum Gasteiger partial charge on any atom is -0.487 e. The fourth-order valence-electron chi connectivity index (χ4n) is 2.41. The Labute approximate surface area is 117 Å². The van der Waals surface area contributed by atoms with Crippen molar-refractivity contribution in [2.75, 3.05) is 5.73 Å². The summed E-state index contributed by atoms with van der Waals surface area (Å²) in [5.41, 5.74) is 10.5. The number of hydrogen-bond donors (Lipinski definition) is 1. The molecule has 0 aliphatic heterocycles. The Bertz CT molecular complexity index is 705. The summed E-state index contributed by atoms with van der Waals surface area (Å²) in [5, 5.41) is 0. The molecule has 0 aliphatic rings. The summed E-state index contributed by atoms with van der Waals surface area (Å²) < 4.78 is 7.89. The molecule has 20 heavy (non-hydrogen) atoms. The molecular weight excluding hydrogens is 250 g/mol. The van der Waals surface area contributed by atoms with Crippen molar-refractivity contribution in [3.8, 4) is 5.75 Å². The molecule has 3 aromatic rings. The van der Waals surface area contributed by atoms with Gasteiger partial charge in [-0.05, 0) is 49.2 Å². The number of nitrogens with zero attached hydrogens (tertiary/aromatic N) is 2. The molecule has 2 aromatic heterocycles. The SMILES string of the molecule is Cc1cc(N)cc(C)c1OCc1cn2ccccc2n1. The average Bonchev–Trinajstić information content (AvgIpc) is 2.80. The molecule has 4 heteroatoms. The van der Waals surface area contributed by atoms with Gasteiger partial charge in [0.1, 0.15) is 18.0 Å². The molecule has 0 radical (unpaired) electrons. The third-order valence-electron chi connectivity index (χ3n) is 3.26. The second-order valence-corrected chi connectivity index (χ2v) is 4.97. The normalized spacial score (nSPS) is 10.9. The molecule has 0 atom stereocenters. The molecule has 2 heterocycles. The Kier molecular flexibility index (Phi) is 3.06. The smallest absolute Gasteiger partial charge is 0.137 e. The second kappa shape index (κ2) is 4.89. The first-order chi connectivity index (χ1) is 9.63. The molecule has 0 saturated heterocycles. The Balaban J connectivity index is 1.83. The molecule has 0 unspecified atom stereocenters. The van der Waals surface area contributed by atoms with E-state index < -0.39 is 0 Å². The van der Waals surface area contributed by atoms with Crippen LogP contribution < -0.4 is 10.5 Å². The van der Waals surface area contributed by atoms with Gasteiger partial charge in [-0.1, -0.05) is 6.07 Å². The van der Waals surface area contributed by atoms with Crippen molar-refractivity contribution in [3.05, 3.63) is 59.5 Å². The highest BCUT2D eigenvalue weighted by Crippen LogP contribution is 2.26. The lowest BCUT2D eigenvalue weighted by atomic mass is 10.1. The molecule has 0 saturated carbocycles. The van der Waals surface area contributed by atoms with E-state index >= 15 is 0 Å². The summed E-state index contributed by atoms with van der Waals surface area (Å²) in [6, 6.07) is 9.77. The minimum absolute atomic E-state index is 0.452. The number of nitrogen functional groups attached to an aromatic ring is 1. The number of rotatable bonds is 3. The summed E-state index contributed by atoms with van der Waals surface area (Å²) >= 11 is 0. The average molecular weight is 267 g/mol. The molecule has 1 aromatic carbocycles. The number of ether oxygens (including phenoxy) is 1. The fourth-order valence-corrected chi connectivity index (χ4v) is 2.41. The lowest BCUT2D eigenvalue weighted by Crippen LogP contribution is -2.00. The summed E-state index contributed by atoms with van der Waals surface area (Å²) in [6.45, 7) is 4.46. The van der Waals surface area contributed by atoms with Crippen LogP contribution in [0.15, 0.2) is 42.7 Å². The van der Waals surface area contributed by atoms with Crippen molar-refractivity contribution in [3.63, 3.8) is 0 Å². The Morgan fingerprint density at radius 2 is 1.95 bits per heavy atom. The molecule has 0 bridgehead atoms. The third kappa shape index (κ3) is 2.32. The highest BCUT2D eigenvalue weighted by atomic mass is 16.5. The standard InChI is InChI=1S/C16H17N3O/c1-11-7-13(17)8-12(2)16(11)20-10-14-9-19-6-4-3-5-15(19)18-14/h3-9H,10,17H2,1-2H3. The van der Waals surface area contributed by atoms with E-state index in [1.165, 1.54) is 0 Å². The minimum atomic E-state index is 0.452.